The summed E-state index contributed by atoms with van der Waals surface area (Å²) in [6.45, 7) is 4.05. The molecular formula is C18H16N4S. The van der Waals surface area contributed by atoms with E-state index in [1.54, 1.807) is 16.0 Å². The zero-order valence-corrected chi connectivity index (χ0v) is 14.1. The fourth-order valence-corrected chi connectivity index (χ4v) is 3.73. The first-order chi connectivity index (χ1) is 11.1. The molecule has 0 aliphatic carbocycles. The van der Waals surface area contributed by atoms with E-state index < -0.39 is 0 Å². The van der Waals surface area contributed by atoms with E-state index in [9.17, 15) is 0 Å². The van der Waals surface area contributed by atoms with Crippen molar-refractivity contribution in [2.45, 2.75) is 13.8 Å². The van der Waals surface area contributed by atoms with Gasteiger partial charge in [-0.1, -0.05) is 0 Å². The summed E-state index contributed by atoms with van der Waals surface area (Å²) in [7, 11) is 1.92. The van der Waals surface area contributed by atoms with Crippen LogP contribution in [-0.2, 0) is 7.05 Å². The molecule has 5 heteroatoms. The molecule has 4 aromatic heterocycles. The summed E-state index contributed by atoms with van der Waals surface area (Å²) >= 11 is 1.73. The molecule has 0 aliphatic rings. The molecule has 114 valence electrons. The Labute approximate surface area is 138 Å². The highest BCUT2D eigenvalue weighted by atomic mass is 32.1. The van der Waals surface area contributed by atoms with Crippen LogP contribution in [0.15, 0.2) is 42.0 Å². The van der Waals surface area contributed by atoms with E-state index in [2.05, 4.69) is 39.7 Å². The molecule has 0 radical (unpaired) electrons. The third-order valence-corrected chi connectivity index (χ3v) is 4.75. The molecular weight excluding hydrogens is 304 g/mol. The van der Waals surface area contributed by atoms with Gasteiger partial charge in [0, 0.05) is 41.1 Å². The topological polar surface area (TPSA) is 43.6 Å². The van der Waals surface area contributed by atoms with Gasteiger partial charge in [-0.15, -0.1) is 11.3 Å². The van der Waals surface area contributed by atoms with Crippen LogP contribution >= 0.6 is 11.3 Å². The van der Waals surface area contributed by atoms with E-state index in [1.807, 2.05) is 33.3 Å². The quantitative estimate of drug-likeness (QED) is 0.550. The zero-order chi connectivity index (χ0) is 16.0. The molecule has 0 saturated heterocycles. The lowest BCUT2D eigenvalue weighted by Gasteiger charge is -2.04. The minimum absolute atomic E-state index is 0.952. The van der Waals surface area contributed by atoms with Crippen molar-refractivity contribution in [1.82, 2.24) is 19.7 Å². The van der Waals surface area contributed by atoms with E-state index in [1.165, 1.54) is 15.8 Å². The van der Waals surface area contributed by atoms with Gasteiger partial charge in [-0.2, -0.15) is 5.10 Å². The number of hydrogen-bond donors (Lipinski definition) is 0. The molecule has 4 nitrogen and oxygen atoms in total. The third-order valence-electron chi connectivity index (χ3n) is 3.81. The van der Waals surface area contributed by atoms with Crippen molar-refractivity contribution >= 4 is 21.6 Å². The number of pyridine rings is 2. The second-order valence-electron chi connectivity index (χ2n) is 5.73. The molecule has 0 spiro atoms. The lowest BCUT2D eigenvalue weighted by molar-refractivity contribution is 0.768. The molecule has 0 aromatic carbocycles. The molecule has 0 unspecified atom stereocenters. The van der Waals surface area contributed by atoms with Crippen molar-refractivity contribution in [3.05, 3.63) is 53.4 Å². The molecule has 0 bridgehead atoms. The molecule has 4 rings (SSSR count). The fraction of sp³-hybridized carbons (Fsp3) is 0.167. The van der Waals surface area contributed by atoms with Crippen LogP contribution in [0.25, 0.3) is 32.6 Å². The van der Waals surface area contributed by atoms with Gasteiger partial charge in [0.15, 0.2) is 0 Å². The molecule has 4 heterocycles. The number of aromatic nitrogens is 4. The Morgan fingerprint density at radius 3 is 2.48 bits per heavy atom. The average Bonchev–Trinajstić information content (AvgIpc) is 3.11. The van der Waals surface area contributed by atoms with Gasteiger partial charge in [-0.25, -0.2) is 4.98 Å². The normalized spacial score (nSPS) is 11.3. The molecule has 0 fully saturated rings. The number of thiophene rings is 1. The Morgan fingerprint density at radius 1 is 1.00 bits per heavy atom. The third kappa shape index (κ3) is 2.53. The summed E-state index contributed by atoms with van der Waals surface area (Å²) < 4.78 is 2.99. The highest BCUT2D eigenvalue weighted by Gasteiger charge is 2.11. The first-order valence-corrected chi connectivity index (χ1v) is 8.31. The maximum Gasteiger partial charge on any atom is 0.0895 e. The van der Waals surface area contributed by atoms with E-state index in [-0.39, 0.29) is 0 Å². The standard InChI is InChI=1S/C18H16N4S/c1-11-6-13(7-12(2)20-11)15-10-23-17-5-4-16(21-18(15)17)14-8-19-22(3)9-14/h4-10H,1-3H3. The summed E-state index contributed by atoms with van der Waals surface area (Å²) in [6, 6.07) is 8.43. The van der Waals surface area contributed by atoms with Crippen LogP contribution in [0.3, 0.4) is 0 Å². The Bertz CT molecular complexity index is 993. The second-order valence-corrected chi connectivity index (χ2v) is 6.65. The van der Waals surface area contributed by atoms with Crippen LogP contribution < -0.4 is 0 Å². The van der Waals surface area contributed by atoms with Gasteiger partial charge in [0.2, 0.25) is 0 Å². The maximum atomic E-state index is 4.89. The summed E-state index contributed by atoms with van der Waals surface area (Å²) in [6.07, 6.45) is 3.84. The smallest absolute Gasteiger partial charge is 0.0895 e. The van der Waals surface area contributed by atoms with Crippen molar-refractivity contribution in [3.63, 3.8) is 0 Å². The van der Waals surface area contributed by atoms with Crippen molar-refractivity contribution in [2.75, 3.05) is 0 Å². The first kappa shape index (κ1) is 14.1. The Morgan fingerprint density at radius 2 is 1.78 bits per heavy atom. The lowest BCUT2D eigenvalue weighted by Crippen LogP contribution is -1.89. The maximum absolute atomic E-state index is 4.89. The van der Waals surface area contributed by atoms with Gasteiger partial charge in [-0.05, 0) is 43.7 Å². The van der Waals surface area contributed by atoms with Crippen LogP contribution in [0.1, 0.15) is 11.4 Å². The van der Waals surface area contributed by atoms with Crippen LogP contribution in [0.2, 0.25) is 0 Å². The van der Waals surface area contributed by atoms with Gasteiger partial charge < -0.3 is 0 Å². The predicted molar refractivity (Wildman–Crippen MR) is 94.5 cm³/mol. The Kier molecular flexibility index (Phi) is 3.23. The van der Waals surface area contributed by atoms with Gasteiger partial charge >= 0.3 is 0 Å². The van der Waals surface area contributed by atoms with E-state index in [0.717, 1.165) is 28.2 Å². The van der Waals surface area contributed by atoms with Crippen LogP contribution in [0.4, 0.5) is 0 Å². The molecule has 0 amide bonds. The molecule has 0 N–H and O–H groups in total. The van der Waals surface area contributed by atoms with Crippen molar-refractivity contribution in [2.24, 2.45) is 7.05 Å². The van der Waals surface area contributed by atoms with Gasteiger partial charge in [0.1, 0.15) is 0 Å². The highest BCUT2D eigenvalue weighted by Crippen LogP contribution is 2.34. The molecule has 0 aliphatic heterocycles. The largest absolute Gasteiger partial charge is 0.275 e. The molecule has 4 aromatic rings. The minimum atomic E-state index is 0.952. The van der Waals surface area contributed by atoms with Crippen molar-refractivity contribution < 1.29 is 0 Å². The van der Waals surface area contributed by atoms with Gasteiger partial charge in [0.25, 0.3) is 0 Å². The fourth-order valence-electron chi connectivity index (χ4n) is 2.82. The minimum Gasteiger partial charge on any atom is -0.275 e. The lowest BCUT2D eigenvalue weighted by atomic mass is 10.1. The molecule has 23 heavy (non-hydrogen) atoms. The highest BCUT2D eigenvalue weighted by molar-refractivity contribution is 7.17. The molecule has 0 atom stereocenters. The van der Waals surface area contributed by atoms with E-state index in [4.69, 9.17) is 4.98 Å². The monoisotopic (exact) mass is 320 g/mol. The van der Waals surface area contributed by atoms with E-state index in [0.29, 0.717) is 0 Å². The number of hydrogen-bond acceptors (Lipinski definition) is 4. The van der Waals surface area contributed by atoms with Crippen LogP contribution in [0, 0.1) is 13.8 Å². The van der Waals surface area contributed by atoms with Crippen LogP contribution in [0.5, 0.6) is 0 Å². The molecule has 0 saturated carbocycles. The number of rotatable bonds is 2. The Balaban J connectivity index is 1.90. The predicted octanol–water partition coefficient (Wildman–Crippen LogP) is 4.38. The average molecular weight is 320 g/mol. The summed E-state index contributed by atoms with van der Waals surface area (Å²) in [5.41, 5.74) is 7.44. The van der Waals surface area contributed by atoms with Crippen molar-refractivity contribution in [1.29, 1.82) is 0 Å². The number of nitrogens with zero attached hydrogens (tertiary/aromatic N) is 4. The number of fused-ring (bicyclic) bond motifs is 1. The van der Waals surface area contributed by atoms with E-state index >= 15 is 0 Å². The second kappa shape index (κ2) is 5.28. The SMILES string of the molecule is Cc1cc(-c2csc3ccc(-c4cnn(C)c4)nc23)cc(C)n1. The Hall–Kier alpha value is -2.53. The van der Waals surface area contributed by atoms with Gasteiger partial charge in [0.05, 0.1) is 22.1 Å². The summed E-state index contributed by atoms with van der Waals surface area (Å²) in [5.74, 6) is 0. The van der Waals surface area contributed by atoms with Gasteiger partial charge in [-0.3, -0.25) is 9.67 Å². The van der Waals surface area contributed by atoms with Crippen molar-refractivity contribution in [3.8, 4) is 22.4 Å². The zero-order valence-electron chi connectivity index (χ0n) is 13.2. The summed E-state index contributed by atoms with van der Waals surface area (Å²) in [4.78, 5) is 9.36. The van der Waals surface area contributed by atoms with Crippen LogP contribution in [-0.4, -0.2) is 19.7 Å². The summed E-state index contributed by atoms with van der Waals surface area (Å²) in [5, 5.41) is 6.41. The first-order valence-electron chi connectivity index (χ1n) is 7.43. The number of aryl methyl sites for hydroxylation is 3.